The molecule has 3 aromatic heterocycles. The molecule has 6 aromatic rings. The van der Waals surface area contributed by atoms with E-state index in [1.165, 1.54) is 15.9 Å². The average Bonchev–Trinajstić information content (AvgIpc) is 3.60. The van der Waals surface area contributed by atoms with E-state index in [1.54, 1.807) is 7.11 Å². The molecule has 0 saturated carbocycles. The van der Waals surface area contributed by atoms with E-state index in [4.69, 9.17) is 9.84 Å². The van der Waals surface area contributed by atoms with Crippen molar-refractivity contribution >= 4 is 22.4 Å². The Morgan fingerprint density at radius 3 is 2.31 bits per heavy atom. The molecular formula is C28H21N5O2S. The van der Waals surface area contributed by atoms with Crippen LogP contribution in [-0.4, -0.2) is 31.5 Å². The standard InChI is InChI=1S/C28H21N5O2S/c1-18-8-10-20(11-9-18)26-29-28-33(31-26)27(34)24(36-28)16-21-17-32(22-6-4-3-5-7-22)30-25(21)19-12-14-23(35-2)15-13-19/h3-17H,1-2H3/b24-16-. The molecule has 7 nitrogen and oxygen atoms in total. The first kappa shape index (κ1) is 21.9. The number of hydrogen-bond acceptors (Lipinski definition) is 6. The van der Waals surface area contributed by atoms with Crippen molar-refractivity contribution in [2.75, 3.05) is 7.11 Å². The molecule has 0 unspecified atom stereocenters. The van der Waals surface area contributed by atoms with Gasteiger partial charge in [-0.3, -0.25) is 4.79 Å². The molecule has 0 aliphatic carbocycles. The summed E-state index contributed by atoms with van der Waals surface area (Å²) in [7, 11) is 1.64. The second-order valence-corrected chi connectivity index (χ2v) is 9.36. The minimum atomic E-state index is -0.200. The summed E-state index contributed by atoms with van der Waals surface area (Å²) in [5, 5.41) is 9.32. The van der Waals surface area contributed by atoms with Crippen LogP contribution < -0.4 is 14.8 Å². The molecule has 176 valence electrons. The Labute approximate surface area is 210 Å². The van der Waals surface area contributed by atoms with E-state index in [0.717, 1.165) is 39.4 Å². The van der Waals surface area contributed by atoms with E-state index in [-0.39, 0.29) is 5.56 Å². The van der Waals surface area contributed by atoms with Crippen LogP contribution in [0.15, 0.2) is 89.9 Å². The zero-order valence-corrected chi connectivity index (χ0v) is 20.4. The van der Waals surface area contributed by atoms with Crippen molar-refractivity contribution in [2.45, 2.75) is 6.92 Å². The molecule has 36 heavy (non-hydrogen) atoms. The highest BCUT2D eigenvalue weighted by molar-refractivity contribution is 7.15. The van der Waals surface area contributed by atoms with Crippen LogP contribution in [0.5, 0.6) is 5.75 Å². The summed E-state index contributed by atoms with van der Waals surface area (Å²) in [6.07, 6.45) is 3.79. The van der Waals surface area contributed by atoms with Crippen LogP contribution in [0, 0.1) is 6.92 Å². The summed E-state index contributed by atoms with van der Waals surface area (Å²) < 4.78 is 9.05. The maximum atomic E-state index is 13.2. The second kappa shape index (κ2) is 8.90. The molecule has 0 radical (unpaired) electrons. The van der Waals surface area contributed by atoms with Gasteiger partial charge in [-0.1, -0.05) is 59.4 Å². The monoisotopic (exact) mass is 491 g/mol. The Hall–Kier alpha value is -4.56. The van der Waals surface area contributed by atoms with Crippen LogP contribution in [-0.2, 0) is 0 Å². The van der Waals surface area contributed by atoms with Gasteiger partial charge in [0.05, 0.1) is 17.3 Å². The van der Waals surface area contributed by atoms with Gasteiger partial charge in [0, 0.05) is 22.9 Å². The lowest BCUT2D eigenvalue weighted by atomic mass is 10.1. The number of methoxy groups -OCH3 is 1. The van der Waals surface area contributed by atoms with Gasteiger partial charge in [0.2, 0.25) is 4.96 Å². The first-order chi connectivity index (χ1) is 17.6. The number of para-hydroxylation sites is 1. The predicted octanol–water partition coefficient (Wildman–Crippen LogP) is 4.54. The van der Waals surface area contributed by atoms with Gasteiger partial charge in [0.15, 0.2) is 5.82 Å². The van der Waals surface area contributed by atoms with Gasteiger partial charge in [-0.15, -0.1) is 5.10 Å². The summed E-state index contributed by atoms with van der Waals surface area (Å²) in [5.74, 6) is 1.31. The Morgan fingerprint density at radius 1 is 0.889 bits per heavy atom. The van der Waals surface area contributed by atoms with E-state index < -0.39 is 0 Å². The molecule has 0 saturated heterocycles. The number of thiazole rings is 1. The lowest BCUT2D eigenvalue weighted by Crippen LogP contribution is -2.23. The minimum Gasteiger partial charge on any atom is -0.497 e. The highest BCUT2D eigenvalue weighted by Crippen LogP contribution is 2.26. The van der Waals surface area contributed by atoms with E-state index >= 15 is 0 Å². The van der Waals surface area contributed by atoms with Gasteiger partial charge in [-0.25, -0.2) is 4.68 Å². The number of aromatic nitrogens is 5. The number of benzene rings is 3. The Kier molecular flexibility index (Phi) is 5.42. The number of rotatable bonds is 5. The van der Waals surface area contributed by atoms with Gasteiger partial charge in [-0.05, 0) is 49.4 Å². The first-order valence-corrected chi connectivity index (χ1v) is 12.2. The zero-order valence-electron chi connectivity index (χ0n) is 19.6. The number of nitrogens with zero attached hydrogens (tertiary/aromatic N) is 5. The summed E-state index contributed by atoms with van der Waals surface area (Å²) in [5.41, 5.74) is 5.28. The highest BCUT2D eigenvalue weighted by atomic mass is 32.1. The molecule has 0 atom stereocenters. The van der Waals surface area contributed by atoms with Gasteiger partial charge < -0.3 is 4.74 Å². The van der Waals surface area contributed by atoms with E-state index in [1.807, 2.05) is 103 Å². The first-order valence-electron chi connectivity index (χ1n) is 11.4. The average molecular weight is 492 g/mol. The van der Waals surface area contributed by atoms with Crippen molar-refractivity contribution in [3.8, 4) is 34.1 Å². The Balaban J connectivity index is 1.47. The SMILES string of the molecule is COc1ccc(-c2nn(-c3ccccc3)cc2/C=c2\sc3nc(-c4ccc(C)cc4)nn3c2=O)cc1. The molecule has 3 aromatic carbocycles. The summed E-state index contributed by atoms with van der Waals surface area (Å²) in [6.45, 7) is 2.03. The third-order valence-corrected chi connectivity index (χ3v) is 6.86. The van der Waals surface area contributed by atoms with Crippen LogP contribution in [0.1, 0.15) is 11.1 Å². The molecule has 0 fully saturated rings. The Morgan fingerprint density at radius 2 is 1.61 bits per heavy atom. The topological polar surface area (TPSA) is 74.3 Å². The van der Waals surface area contributed by atoms with Crippen molar-refractivity contribution in [3.63, 3.8) is 0 Å². The van der Waals surface area contributed by atoms with Crippen LogP contribution >= 0.6 is 11.3 Å². The summed E-state index contributed by atoms with van der Waals surface area (Å²) >= 11 is 1.32. The maximum absolute atomic E-state index is 13.2. The van der Waals surface area contributed by atoms with E-state index in [2.05, 4.69) is 10.1 Å². The van der Waals surface area contributed by atoms with Gasteiger partial charge in [-0.2, -0.15) is 14.6 Å². The number of ether oxygens (including phenoxy) is 1. The normalized spacial score (nSPS) is 11.9. The van der Waals surface area contributed by atoms with Crippen LogP contribution in [0.3, 0.4) is 0 Å². The van der Waals surface area contributed by atoms with Crippen LogP contribution in [0.25, 0.3) is 39.4 Å². The van der Waals surface area contributed by atoms with Gasteiger partial charge >= 0.3 is 0 Å². The third kappa shape index (κ3) is 3.97. The van der Waals surface area contributed by atoms with Crippen LogP contribution in [0.4, 0.5) is 0 Å². The third-order valence-electron chi connectivity index (χ3n) is 5.90. The van der Waals surface area contributed by atoms with Crippen molar-refractivity contribution in [2.24, 2.45) is 0 Å². The molecule has 0 amide bonds. The maximum Gasteiger partial charge on any atom is 0.291 e. The molecule has 0 spiro atoms. The molecule has 0 aliphatic heterocycles. The van der Waals surface area contributed by atoms with Crippen molar-refractivity contribution < 1.29 is 4.74 Å². The Bertz CT molecular complexity index is 1780. The van der Waals surface area contributed by atoms with E-state index in [0.29, 0.717) is 15.3 Å². The molecule has 8 heteroatoms. The largest absolute Gasteiger partial charge is 0.497 e. The minimum absolute atomic E-state index is 0.200. The quantitative estimate of drug-likeness (QED) is 0.354. The van der Waals surface area contributed by atoms with Gasteiger partial charge in [0.1, 0.15) is 11.4 Å². The zero-order chi connectivity index (χ0) is 24.6. The number of fused-ring (bicyclic) bond motifs is 1. The number of aryl methyl sites for hydroxylation is 1. The second-order valence-electron chi connectivity index (χ2n) is 8.35. The van der Waals surface area contributed by atoms with Gasteiger partial charge in [0.25, 0.3) is 5.56 Å². The fourth-order valence-electron chi connectivity index (χ4n) is 3.98. The molecule has 3 heterocycles. The fraction of sp³-hybridized carbons (Fsp3) is 0.0714. The van der Waals surface area contributed by atoms with Crippen molar-refractivity contribution in [1.29, 1.82) is 0 Å². The highest BCUT2D eigenvalue weighted by Gasteiger charge is 2.15. The lowest BCUT2D eigenvalue weighted by molar-refractivity contribution is 0.415. The molecular weight excluding hydrogens is 470 g/mol. The molecule has 0 bridgehead atoms. The smallest absolute Gasteiger partial charge is 0.291 e. The molecule has 0 N–H and O–H groups in total. The summed E-state index contributed by atoms with van der Waals surface area (Å²) in [6, 6.07) is 25.5. The fourth-order valence-corrected chi connectivity index (χ4v) is 4.88. The van der Waals surface area contributed by atoms with Crippen LogP contribution in [0.2, 0.25) is 0 Å². The predicted molar refractivity (Wildman–Crippen MR) is 142 cm³/mol. The summed E-state index contributed by atoms with van der Waals surface area (Å²) in [4.78, 5) is 18.4. The van der Waals surface area contributed by atoms with Crippen molar-refractivity contribution in [3.05, 3.63) is 111 Å². The van der Waals surface area contributed by atoms with Crippen molar-refractivity contribution in [1.82, 2.24) is 24.4 Å². The molecule has 0 aliphatic rings. The molecule has 6 rings (SSSR count). The van der Waals surface area contributed by atoms with E-state index in [9.17, 15) is 4.79 Å². The lowest BCUT2D eigenvalue weighted by Gasteiger charge is -2.02. The number of hydrogen-bond donors (Lipinski definition) is 0.